The van der Waals surface area contributed by atoms with Crippen LogP contribution in [0.5, 0.6) is 0 Å². The maximum Gasteiger partial charge on any atom is 0.323 e. The molecule has 2 saturated heterocycles. The van der Waals surface area contributed by atoms with E-state index in [9.17, 15) is 4.79 Å². The first-order chi connectivity index (χ1) is 10.5. The maximum atomic E-state index is 12.0. The van der Waals surface area contributed by atoms with Gasteiger partial charge in [0, 0.05) is 25.6 Å². The maximum absolute atomic E-state index is 12.0. The lowest BCUT2D eigenvalue weighted by Gasteiger charge is -2.39. The summed E-state index contributed by atoms with van der Waals surface area (Å²) in [6, 6.07) is 4.26. The molecule has 1 aromatic heterocycles. The van der Waals surface area contributed by atoms with Crippen molar-refractivity contribution in [3.05, 3.63) is 17.8 Å². The smallest absolute Gasteiger partial charge is 0.323 e. The molecular weight excluding hydrogens is 280 g/mol. The summed E-state index contributed by atoms with van der Waals surface area (Å²) in [5.41, 5.74) is 0.928. The number of ether oxygens (including phenoxy) is 1. The molecule has 2 aliphatic heterocycles. The van der Waals surface area contributed by atoms with Crippen LogP contribution in [0.1, 0.15) is 31.9 Å². The second kappa shape index (κ2) is 6.20. The standard InChI is InChI=1S/C16H24N4O2/c1-11-6-7-15(18-17-11)20-8-4-5-13(10-20)19(3)14-9-12(2)22-16(14)21/h6-7,12-14H,4-5,8-10H2,1-3H3. The highest BCUT2D eigenvalue weighted by molar-refractivity contribution is 5.78. The quantitative estimate of drug-likeness (QED) is 0.787. The van der Waals surface area contributed by atoms with Crippen molar-refractivity contribution >= 4 is 11.8 Å². The van der Waals surface area contributed by atoms with Crippen LogP contribution in [0.25, 0.3) is 0 Å². The topological polar surface area (TPSA) is 58.6 Å². The minimum Gasteiger partial charge on any atom is -0.461 e. The normalized spacial score (nSPS) is 29.0. The molecule has 3 heterocycles. The molecule has 3 atom stereocenters. The van der Waals surface area contributed by atoms with Gasteiger partial charge in [-0.25, -0.2) is 0 Å². The molecule has 120 valence electrons. The zero-order chi connectivity index (χ0) is 15.7. The van der Waals surface area contributed by atoms with Crippen LogP contribution in [0, 0.1) is 6.92 Å². The van der Waals surface area contributed by atoms with Gasteiger partial charge in [-0.2, -0.15) is 5.10 Å². The zero-order valence-corrected chi connectivity index (χ0v) is 13.5. The number of aromatic nitrogens is 2. The van der Waals surface area contributed by atoms with Crippen LogP contribution in [-0.4, -0.2) is 59.4 Å². The molecule has 0 radical (unpaired) electrons. The summed E-state index contributed by atoms with van der Waals surface area (Å²) in [6.45, 7) is 5.78. The molecule has 0 spiro atoms. The number of likely N-dealkylation sites (N-methyl/N-ethyl adjacent to an activating group) is 1. The second-order valence-corrected chi connectivity index (χ2v) is 6.44. The predicted octanol–water partition coefficient (Wildman–Crippen LogP) is 1.39. The van der Waals surface area contributed by atoms with Gasteiger partial charge in [-0.05, 0) is 45.9 Å². The lowest BCUT2D eigenvalue weighted by molar-refractivity contribution is -0.145. The Kier molecular flexibility index (Phi) is 4.29. The molecule has 0 aromatic carbocycles. The molecule has 0 aliphatic carbocycles. The Bertz CT molecular complexity index is 533. The number of hydrogen-bond acceptors (Lipinski definition) is 6. The van der Waals surface area contributed by atoms with Gasteiger partial charge in [-0.15, -0.1) is 5.10 Å². The Morgan fingerprint density at radius 3 is 2.82 bits per heavy atom. The van der Waals surface area contributed by atoms with E-state index in [0.29, 0.717) is 6.04 Å². The minimum atomic E-state index is -0.107. The van der Waals surface area contributed by atoms with Gasteiger partial charge in [0.15, 0.2) is 5.82 Å². The van der Waals surface area contributed by atoms with Crippen molar-refractivity contribution in [2.24, 2.45) is 0 Å². The minimum absolute atomic E-state index is 0.0302. The van der Waals surface area contributed by atoms with Crippen LogP contribution < -0.4 is 4.90 Å². The Labute approximate surface area is 131 Å². The summed E-state index contributed by atoms with van der Waals surface area (Å²) in [6.07, 6.45) is 3.02. The van der Waals surface area contributed by atoms with Crippen molar-refractivity contribution in [3.8, 4) is 0 Å². The van der Waals surface area contributed by atoms with Crippen LogP contribution in [0.2, 0.25) is 0 Å². The molecule has 22 heavy (non-hydrogen) atoms. The summed E-state index contributed by atoms with van der Waals surface area (Å²) in [7, 11) is 2.04. The van der Waals surface area contributed by atoms with Crippen molar-refractivity contribution in [1.82, 2.24) is 15.1 Å². The average Bonchev–Trinajstić information content (AvgIpc) is 2.86. The summed E-state index contributed by atoms with van der Waals surface area (Å²) in [5, 5.41) is 8.43. The van der Waals surface area contributed by atoms with E-state index in [1.807, 2.05) is 33.0 Å². The van der Waals surface area contributed by atoms with E-state index < -0.39 is 0 Å². The SMILES string of the molecule is Cc1ccc(N2CCCC(N(C)C3CC(C)OC3=O)C2)nn1. The van der Waals surface area contributed by atoms with Crippen molar-refractivity contribution in [3.63, 3.8) is 0 Å². The van der Waals surface area contributed by atoms with Crippen LogP contribution in [0.15, 0.2) is 12.1 Å². The van der Waals surface area contributed by atoms with Gasteiger partial charge in [0.1, 0.15) is 12.1 Å². The number of rotatable bonds is 3. The number of carbonyl (C=O) groups is 1. The number of cyclic esters (lactones) is 1. The van der Waals surface area contributed by atoms with E-state index in [2.05, 4.69) is 20.0 Å². The van der Waals surface area contributed by atoms with Crippen molar-refractivity contribution in [2.45, 2.75) is 51.3 Å². The van der Waals surface area contributed by atoms with Gasteiger partial charge >= 0.3 is 5.97 Å². The van der Waals surface area contributed by atoms with Crippen molar-refractivity contribution < 1.29 is 9.53 Å². The van der Waals surface area contributed by atoms with Gasteiger partial charge < -0.3 is 9.64 Å². The molecule has 0 amide bonds. The molecule has 1 aromatic rings. The summed E-state index contributed by atoms with van der Waals surface area (Å²) < 4.78 is 5.29. The van der Waals surface area contributed by atoms with Gasteiger partial charge in [-0.1, -0.05) is 0 Å². The van der Waals surface area contributed by atoms with Gasteiger partial charge in [0.05, 0.1) is 5.69 Å². The lowest BCUT2D eigenvalue weighted by atomic mass is 10.0. The van der Waals surface area contributed by atoms with Crippen molar-refractivity contribution in [1.29, 1.82) is 0 Å². The highest BCUT2D eigenvalue weighted by Crippen LogP contribution is 2.25. The van der Waals surface area contributed by atoms with Gasteiger partial charge in [-0.3, -0.25) is 9.69 Å². The second-order valence-electron chi connectivity index (χ2n) is 6.44. The molecule has 0 N–H and O–H groups in total. The Morgan fingerprint density at radius 1 is 1.36 bits per heavy atom. The Morgan fingerprint density at radius 2 is 2.18 bits per heavy atom. The fraction of sp³-hybridized carbons (Fsp3) is 0.688. The summed E-state index contributed by atoms with van der Waals surface area (Å²) >= 11 is 0. The van der Waals surface area contributed by atoms with E-state index in [4.69, 9.17) is 4.74 Å². The molecule has 0 bridgehead atoms. The van der Waals surface area contributed by atoms with E-state index in [1.54, 1.807) is 0 Å². The molecule has 2 aliphatic rings. The molecule has 2 fully saturated rings. The van der Waals surface area contributed by atoms with Crippen LogP contribution >= 0.6 is 0 Å². The number of hydrogen-bond donors (Lipinski definition) is 0. The first-order valence-electron chi connectivity index (χ1n) is 8.02. The van der Waals surface area contributed by atoms with Crippen LogP contribution in [0.3, 0.4) is 0 Å². The number of esters is 1. The number of anilines is 1. The molecule has 3 unspecified atom stereocenters. The number of nitrogens with zero attached hydrogens (tertiary/aromatic N) is 4. The number of carbonyl (C=O) groups excluding carboxylic acids is 1. The molecule has 3 rings (SSSR count). The monoisotopic (exact) mass is 304 g/mol. The van der Waals surface area contributed by atoms with Crippen LogP contribution in [0.4, 0.5) is 5.82 Å². The molecule has 6 nitrogen and oxygen atoms in total. The van der Waals surface area contributed by atoms with Gasteiger partial charge in [0.25, 0.3) is 0 Å². The molecule has 0 saturated carbocycles. The van der Waals surface area contributed by atoms with E-state index >= 15 is 0 Å². The first-order valence-corrected chi connectivity index (χ1v) is 8.02. The van der Waals surface area contributed by atoms with Crippen molar-refractivity contribution in [2.75, 3.05) is 25.0 Å². The van der Waals surface area contributed by atoms with E-state index in [0.717, 1.165) is 43.9 Å². The summed E-state index contributed by atoms with van der Waals surface area (Å²) in [4.78, 5) is 16.4. The Balaban J connectivity index is 1.67. The highest BCUT2D eigenvalue weighted by atomic mass is 16.6. The van der Waals surface area contributed by atoms with Crippen LogP contribution in [-0.2, 0) is 9.53 Å². The first kappa shape index (κ1) is 15.2. The third-order valence-corrected chi connectivity index (χ3v) is 4.72. The fourth-order valence-electron chi connectivity index (χ4n) is 3.38. The third-order valence-electron chi connectivity index (χ3n) is 4.72. The number of aryl methyl sites for hydroxylation is 1. The number of piperidine rings is 1. The Hall–Kier alpha value is -1.69. The fourth-order valence-corrected chi connectivity index (χ4v) is 3.38. The summed E-state index contributed by atoms with van der Waals surface area (Å²) in [5.74, 6) is 0.841. The van der Waals surface area contributed by atoms with E-state index in [-0.39, 0.29) is 18.1 Å². The predicted molar refractivity (Wildman–Crippen MR) is 83.7 cm³/mol. The lowest BCUT2D eigenvalue weighted by Crippen LogP contribution is -2.51. The zero-order valence-electron chi connectivity index (χ0n) is 13.5. The molecule has 6 heteroatoms. The van der Waals surface area contributed by atoms with E-state index in [1.165, 1.54) is 0 Å². The molecular formula is C16H24N4O2. The largest absolute Gasteiger partial charge is 0.461 e. The third kappa shape index (κ3) is 3.06. The average molecular weight is 304 g/mol. The highest BCUT2D eigenvalue weighted by Gasteiger charge is 2.38. The van der Waals surface area contributed by atoms with Gasteiger partial charge in [0.2, 0.25) is 0 Å².